The first kappa shape index (κ1) is 20.5. The molecular weight excluding hydrogens is 396 g/mol. The number of carbonyl (C=O) groups is 2. The summed E-state index contributed by atoms with van der Waals surface area (Å²) in [6.07, 6.45) is 2.09. The minimum Gasteiger partial charge on any atom is -0.467 e. The van der Waals surface area contributed by atoms with Gasteiger partial charge < -0.3 is 19.1 Å². The van der Waals surface area contributed by atoms with Gasteiger partial charge in [0.2, 0.25) is 0 Å². The molecule has 4 rings (SSSR count). The van der Waals surface area contributed by atoms with Crippen molar-refractivity contribution >= 4 is 23.2 Å². The maximum Gasteiger partial charge on any atom is 0.262 e. The van der Waals surface area contributed by atoms with E-state index in [1.165, 1.54) is 9.91 Å². The lowest BCUT2D eigenvalue weighted by atomic mass is 10.1. The fourth-order valence-electron chi connectivity index (χ4n) is 3.43. The Bertz CT molecular complexity index is 1100. The highest BCUT2D eigenvalue weighted by molar-refractivity contribution is 6.01. The normalized spacial score (nSPS) is 15.6. The number of nitrogens with one attached hydrogen (secondary N) is 1. The third-order valence-electron chi connectivity index (χ3n) is 5.04. The molecule has 0 bridgehead atoms. The Labute approximate surface area is 180 Å². The van der Waals surface area contributed by atoms with Crippen LogP contribution < -0.4 is 5.32 Å². The average Bonchev–Trinajstić information content (AvgIpc) is 3.51. The smallest absolute Gasteiger partial charge is 0.262 e. The van der Waals surface area contributed by atoms with Crippen LogP contribution in [0.5, 0.6) is 0 Å². The number of nitrogens with zero attached hydrogens (tertiary/aromatic N) is 3. The predicted octanol–water partition coefficient (Wildman–Crippen LogP) is 3.67. The summed E-state index contributed by atoms with van der Waals surface area (Å²) < 4.78 is 11.2. The first-order chi connectivity index (χ1) is 14.9. The van der Waals surface area contributed by atoms with Gasteiger partial charge in [-0.25, -0.2) is 5.01 Å². The number of benzene rings is 1. The number of furan rings is 2. The summed E-state index contributed by atoms with van der Waals surface area (Å²) in [5.41, 5.74) is 2.03. The van der Waals surface area contributed by atoms with Gasteiger partial charge in [0.1, 0.15) is 29.0 Å². The summed E-state index contributed by atoms with van der Waals surface area (Å²) in [6, 6.07) is 14.0. The zero-order valence-corrected chi connectivity index (χ0v) is 17.7. The van der Waals surface area contributed by atoms with Crippen molar-refractivity contribution < 1.29 is 18.4 Å². The number of rotatable bonds is 6. The van der Waals surface area contributed by atoms with E-state index in [1.807, 2.05) is 25.1 Å². The van der Waals surface area contributed by atoms with Crippen molar-refractivity contribution in [3.05, 3.63) is 77.6 Å². The molecule has 0 saturated heterocycles. The molecule has 8 heteroatoms. The maximum atomic E-state index is 13.0. The summed E-state index contributed by atoms with van der Waals surface area (Å²) in [6.45, 7) is 1.92. The van der Waals surface area contributed by atoms with Crippen molar-refractivity contribution in [2.45, 2.75) is 19.4 Å². The van der Waals surface area contributed by atoms with Crippen molar-refractivity contribution in [1.29, 1.82) is 0 Å². The van der Waals surface area contributed by atoms with Crippen LogP contribution in [0.15, 0.2) is 68.7 Å². The second-order valence-corrected chi connectivity index (χ2v) is 7.56. The van der Waals surface area contributed by atoms with Gasteiger partial charge in [0.15, 0.2) is 0 Å². The summed E-state index contributed by atoms with van der Waals surface area (Å²) in [7, 11) is 3.41. The van der Waals surface area contributed by atoms with Gasteiger partial charge in [-0.2, -0.15) is 5.10 Å². The molecule has 3 heterocycles. The van der Waals surface area contributed by atoms with Gasteiger partial charge >= 0.3 is 0 Å². The van der Waals surface area contributed by atoms with Crippen LogP contribution in [0.3, 0.4) is 0 Å². The van der Waals surface area contributed by atoms with Gasteiger partial charge in [-0.05, 0) is 55.5 Å². The number of hydrogen-bond acceptors (Lipinski definition) is 6. The van der Waals surface area contributed by atoms with E-state index in [9.17, 15) is 9.59 Å². The number of hydrogen-bond donors (Lipinski definition) is 1. The molecule has 0 spiro atoms. The molecule has 1 aliphatic rings. The third kappa shape index (κ3) is 4.37. The molecule has 1 aromatic carbocycles. The SMILES string of the molecule is Cc1ccc(C2=NN(C(=O)CNc3ccc(C(=O)N(C)C)cc3)[C@@H](c3ccco3)C2)o1. The largest absolute Gasteiger partial charge is 0.467 e. The van der Waals surface area contributed by atoms with E-state index in [1.54, 1.807) is 50.7 Å². The van der Waals surface area contributed by atoms with E-state index in [0.717, 1.165) is 11.4 Å². The van der Waals surface area contributed by atoms with Crippen LogP contribution in [0.1, 0.15) is 40.1 Å². The highest BCUT2D eigenvalue weighted by Gasteiger charge is 2.35. The first-order valence-corrected chi connectivity index (χ1v) is 9.97. The van der Waals surface area contributed by atoms with Gasteiger partial charge in [-0.3, -0.25) is 9.59 Å². The zero-order chi connectivity index (χ0) is 22.0. The number of carbonyl (C=O) groups excluding carboxylic acids is 2. The summed E-state index contributed by atoms with van der Waals surface area (Å²) in [5.74, 6) is 1.83. The van der Waals surface area contributed by atoms with Crippen molar-refractivity contribution in [3.63, 3.8) is 0 Å². The molecular formula is C23H24N4O4. The fraction of sp³-hybridized carbons (Fsp3) is 0.261. The molecule has 1 aliphatic heterocycles. The second kappa shape index (κ2) is 8.51. The lowest BCUT2D eigenvalue weighted by Gasteiger charge is -2.20. The fourth-order valence-corrected chi connectivity index (χ4v) is 3.43. The van der Waals surface area contributed by atoms with Crippen LogP contribution in [-0.4, -0.2) is 48.1 Å². The number of anilines is 1. The zero-order valence-electron chi connectivity index (χ0n) is 17.7. The Kier molecular flexibility index (Phi) is 5.62. The molecule has 1 N–H and O–H groups in total. The number of hydrazone groups is 1. The van der Waals surface area contributed by atoms with Crippen LogP contribution >= 0.6 is 0 Å². The van der Waals surface area contributed by atoms with Crippen LogP contribution in [0.2, 0.25) is 0 Å². The highest BCUT2D eigenvalue weighted by Crippen LogP contribution is 2.33. The van der Waals surface area contributed by atoms with Crippen LogP contribution in [0.4, 0.5) is 5.69 Å². The van der Waals surface area contributed by atoms with Gasteiger partial charge in [0, 0.05) is 31.8 Å². The molecule has 0 saturated carbocycles. The Morgan fingerprint density at radius 3 is 2.55 bits per heavy atom. The third-order valence-corrected chi connectivity index (χ3v) is 5.04. The van der Waals surface area contributed by atoms with Gasteiger partial charge in [0.25, 0.3) is 11.8 Å². The van der Waals surface area contributed by atoms with Gasteiger partial charge in [0.05, 0.1) is 12.8 Å². The molecule has 2 aromatic heterocycles. The van der Waals surface area contributed by atoms with Gasteiger partial charge in [-0.1, -0.05) is 0 Å². The lowest BCUT2D eigenvalue weighted by Crippen LogP contribution is -2.32. The highest BCUT2D eigenvalue weighted by atomic mass is 16.3. The van der Waals surface area contributed by atoms with Crippen LogP contribution in [0.25, 0.3) is 0 Å². The van der Waals surface area contributed by atoms with E-state index in [2.05, 4.69) is 10.4 Å². The molecule has 0 radical (unpaired) electrons. The molecule has 0 fully saturated rings. The van der Waals surface area contributed by atoms with E-state index >= 15 is 0 Å². The van der Waals surface area contributed by atoms with Crippen molar-refractivity contribution in [3.8, 4) is 0 Å². The van der Waals surface area contributed by atoms with E-state index in [-0.39, 0.29) is 24.4 Å². The Hall–Kier alpha value is -3.81. The van der Waals surface area contributed by atoms with Crippen molar-refractivity contribution in [2.24, 2.45) is 5.10 Å². The minimum absolute atomic E-state index is 0.0478. The number of aryl methyl sites for hydroxylation is 1. The monoisotopic (exact) mass is 420 g/mol. The van der Waals surface area contributed by atoms with Crippen molar-refractivity contribution in [1.82, 2.24) is 9.91 Å². The first-order valence-electron chi connectivity index (χ1n) is 9.97. The summed E-state index contributed by atoms with van der Waals surface area (Å²) in [5, 5.41) is 9.08. The van der Waals surface area contributed by atoms with Crippen LogP contribution in [0, 0.1) is 6.92 Å². The molecule has 160 valence electrons. The Balaban J connectivity index is 1.47. The van der Waals surface area contributed by atoms with Crippen LogP contribution in [-0.2, 0) is 4.79 Å². The molecule has 8 nitrogen and oxygen atoms in total. The number of amides is 2. The van der Waals surface area contributed by atoms with E-state index in [0.29, 0.717) is 29.2 Å². The standard InChI is InChI=1S/C23H24N4O4/c1-15-6-11-20(31-15)18-13-19(21-5-4-12-30-21)27(25-18)22(28)14-24-17-9-7-16(8-10-17)23(29)26(2)3/h4-12,19,24H,13-14H2,1-3H3/t19-/m1/s1. The average molecular weight is 420 g/mol. The molecule has 0 unspecified atom stereocenters. The van der Waals surface area contributed by atoms with Crippen molar-refractivity contribution in [2.75, 3.05) is 26.0 Å². The molecule has 31 heavy (non-hydrogen) atoms. The minimum atomic E-state index is -0.329. The van der Waals surface area contributed by atoms with Gasteiger partial charge in [-0.15, -0.1) is 0 Å². The quantitative estimate of drug-likeness (QED) is 0.657. The summed E-state index contributed by atoms with van der Waals surface area (Å²) in [4.78, 5) is 26.5. The Morgan fingerprint density at radius 1 is 1.16 bits per heavy atom. The predicted molar refractivity (Wildman–Crippen MR) is 116 cm³/mol. The van der Waals surface area contributed by atoms with E-state index in [4.69, 9.17) is 8.83 Å². The van der Waals surface area contributed by atoms with E-state index < -0.39 is 0 Å². The maximum absolute atomic E-state index is 13.0. The molecule has 1 atom stereocenters. The Morgan fingerprint density at radius 2 is 1.94 bits per heavy atom. The molecule has 2 amide bonds. The summed E-state index contributed by atoms with van der Waals surface area (Å²) >= 11 is 0. The molecule has 3 aromatic rings. The molecule has 0 aliphatic carbocycles. The second-order valence-electron chi connectivity index (χ2n) is 7.56. The lowest BCUT2D eigenvalue weighted by molar-refractivity contribution is -0.131. The topological polar surface area (TPSA) is 91.3 Å².